The number of hydrogen-bond donors (Lipinski definition) is 8. The maximum atomic E-state index is 5.74. The minimum absolute atomic E-state index is 0. The fourth-order valence-corrected chi connectivity index (χ4v) is 3.02. The van der Waals surface area contributed by atoms with E-state index in [-0.39, 0.29) is 13.5 Å². The predicted octanol–water partition coefficient (Wildman–Crippen LogP) is 3.48. The van der Waals surface area contributed by atoms with Crippen LogP contribution in [0.3, 0.4) is 0 Å². The van der Waals surface area contributed by atoms with Crippen LogP contribution in [-0.2, 0) is 0 Å². The topological polar surface area (TPSA) is 208 Å². The molecule has 0 bridgehead atoms. The molecule has 16 N–H and O–H groups in total. The Kier molecular flexibility index (Phi) is 7.77. The Labute approximate surface area is 200 Å². The van der Waals surface area contributed by atoms with Gasteiger partial charge in [0.05, 0.1) is 45.5 Å². The highest BCUT2D eigenvalue weighted by atomic mass is 32.1. The van der Waals surface area contributed by atoms with Crippen LogP contribution in [0.5, 0.6) is 0 Å². The van der Waals surface area contributed by atoms with Crippen LogP contribution in [0.15, 0.2) is 72.8 Å². The Morgan fingerprint density at radius 1 is 0.273 bits per heavy atom. The van der Waals surface area contributed by atoms with Crippen LogP contribution < -0.4 is 45.9 Å². The van der Waals surface area contributed by atoms with E-state index >= 15 is 0 Å². The summed E-state index contributed by atoms with van der Waals surface area (Å²) < 4.78 is 0. The third-order valence-electron chi connectivity index (χ3n) is 5.01. The molecule has 0 unspecified atom stereocenters. The van der Waals surface area contributed by atoms with Gasteiger partial charge in [0.1, 0.15) is 0 Å². The van der Waals surface area contributed by atoms with E-state index in [2.05, 4.69) is 0 Å². The molecule has 33 heavy (non-hydrogen) atoms. The molecule has 0 saturated carbocycles. The standard InChI is InChI=1S/2C12H14N4.H2S/c2*13-9-3-1-7(5-11(9)15)8-2-4-10(14)12(16)6-8;/h2*1-6H,13-16H2;1H2. The van der Waals surface area contributed by atoms with Crippen LogP contribution in [0.2, 0.25) is 0 Å². The van der Waals surface area contributed by atoms with Crippen molar-refractivity contribution >= 4 is 59.0 Å². The Hall–Kier alpha value is -4.37. The van der Waals surface area contributed by atoms with Crippen LogP contribution in [0.4, 0.5) is 45.5 Å². The fraction of sp³-hybridized carbons (Fsp3) is 0. The van der Waals surface area contributed by atoms with Crippen LogP contribution in [-0.4, -0.2) is 0 Å². The van der Waals surface area contributed by atoms with Crippen molar-refractivity contribution in [3.8, 4) is 22.3 Å². The monoisotopic (exact) mass is 462 g/mol. The van der Waals surface area contributed by atoms with Gasteiger partial charge in [0.2, 0.25) is 0 Å². The number of rotatable bonds is 2. The lowest BCUT2D eigenvalue weighted by atomic mass is 10.0. The van der Waals surface area contributed by atoms with Crippen molar-refractivity contribution < 1.29 is 0 Å². The lowest BCUT2D eigenvalue weighted by Gasteiger charge is -2.07. The molecule has 0 radical (unpaired) electrons. The van der Waals surface area contributed by atoms with E-state index in [4.69, 9.17) is 45.9 Å². The van der Waals surface area contributed by atoms with Crippen LogP contribution in [0, 0.1) is 0 Å². The maximum Gasteiger partial charge on any atom is 0.0554 e. The molecular formula is C24H30N8S. The molecule has 4 rings (SSSR count). The number of anilines is 8. The third kappa shape index (κ3) is 5.86. The van der Waals surface area contributed by atoms with E-state index in [1.54, 1.807) is 24.3 Å². The number of benzene rings is 4. The van der Waals surface area contributed by atoms with Crippen LogP contribution in [0.25, 0.3) is 22.3 Å². The first-order valence-electron chi connectivity index (χ1n) is 9.76. The van der Waals surface area contributed by atoms with Gasteiger partial charge < -0.3 is 45.9 Å². The summed E-state index contributed by atoms with van der Waals surface area (Å²) in [6, 6.07) is 22.0. The number of nitrogen functional groups attached to an aromatic ring is 8. The molecule has 4 aromatic rings. The molecule has 0 saturated heterocycles. The number of nitrogens with two attached hydrogens (primary N) is 8. The minimum atomic E-state index is 0. The first-order valence-corrected chi connectivity index (χ1v) is 9.76. The molecule has 0 atom stereocenters. The summed E-state index contributed by atoms with van der Waals surface area (Å²) in [5.41, 5.74) is 54.0. The summed E-state index contributed by atoms with van der Waals surface area (Å²) in [6.07, 6.45) is 0. The van der Waals surface area contributed by atoms with Crippen molar-refractivity contribution in [2.75, 3.05) is 45.9 Å². The highest BCUT2D eigenvalue weighted by Gasteiger charge is 2.04. The van der Waals surface area contributed by atoms with Crippen molar-refractivity contribution in [2.45, 2.75) is 0 Å². The van der Waals surface area contributed by atoms with Gasteiger partial charge in [-0.25, -0.2) is 0 Å². The zero-order valence-corrected chi connectivity index (χ0v) is 19.0. The lowest BCUT2D eigenvalue weighted by Crippen LogP contribution is -1.96. The van der Waals surface area contributed by atoms with Gasteiger partial charge in [-0.3, -0.25) is 0 Å². The molecule has 0 spiro atoms. The quantitative estimate of drug-likeness (QED) is 0.206. The SMILES string of the molecule is Nc1ccc(-c2ccc(N)c(N)c2)cc1N.Nc1ccc(-c2ccc(N)c(N)c2)cc1N.S. The summed E-state index contributed by atoms with van der Waals surface area (Å²) in [5, 5.41) is 0. The Morgan fingerprint density at radius 3 is 0.606 bits per heavy atom. The van der Waals surface area contributed by atoms with Gasteiger partial charge in [-0.05, 0) is 70.8 Å². The van der Waals surface area contributed by atoms with Gasteiger partial charge in [-0.1, -0.05) is 24.3 Å². The summed E-state index contributed by atoms with van der Waals surface area (Å²) in [5.74, 6) is 0. The smallest absolute Gasteiger partial charge is 0.0554 e. The molecular weight excluding hydrogens is 432 g/mol. The second kappa shape index (κ2) is 10.3. The maximum absolute atomic E-state index is 5.74. The van der Waals surface area contributed by atoms with E-state index < -0.39 is 0 Å². The van der Waals surface area contributed by atoms with Crippen molar-refractivity contribution in [3.05, 3.63) is 72.8 Å². The molecule has 0 fully saturated rings. The number of hydrogen-bond acceptors (Lipinski definition) is 8. The first kappa shape index (κ1) is 24.9. The van der Waals surface area contributed by atoms with E-state index in [9.17, 15) is 0 Å². The summed E-state index contributed by atoms with van der Waals surface area (Å²) in [6.45, 7) is 0. The molecule has 4 aromatic carbocycles. The molecule has 8 nitrogen and oxygen atoms in total. The average Bonchev–Trinajstić information content (AvgIpc) is 2.76. The van der Waals surface area contributed by atoms with Gasteiger partial charge in [-0.15, -0.1) is 0 Å². The van der Waals surface area contributed by atoms with E-state index in [1.165, 1.54) is 0 Å². The van der Waals surface area contributed by atoms with Crippen molar-refractivity contribution in [1.82, 2.24) is 0 Å². The third-order valence-corrected chi connectivity index (χ3v) is 5.01. The van der Waals surface area contributed by atoms with Gasteiger partial charge in [-0.2, -0.15) is 13.5 Å². The molecule has 0 amide bonds. The van der Waals surface area contributed by atoms with Gasteiger partial charge in [0.25, 0.3) is 0 Å². The van der Waals surface area contributed by atoms with Crippen LogP contribution >= 0.6 is 13.5 Å². The van der Waals surface area contributed by atoms with Gasteiger partial charge in [0, 0.05) is 0 Å². The fourth-order valence-electron chi connectivity index (χ4n) is 3.02. The molecule has 0 aliphatic heterocycles. The molecule has 0 aromatic heterocycles. The minimum Gasteiger partial charge on any atom is -0.397 e. The second-order valence-electron chi connectivity index (χ2n) is 7.37. The summed E-state index contributed by atoms with van der Waals surface area (Å²) in [7, 11) is 0. The highest BCUT2D eigenvalue weighted by Crippen LogP contribution is 2.29. The van der Waals surface area contributed by atoms with Gasteiger partial charge in [0.15, 0.2) is 0 Å². The lowest BCUT2D eigenvalue weighted by molar-refractivity contribution is 1.60. The summed E-state index contributed by atoms with van der Waals surface area (Å²) >= 11 is 0. The molecule has 0 aliphatic rings. The van der Waals surface area contributed by atoms with Crippen molar-refractivity contribution in [1.29, 1.82) is 0 Å². The Balaban J connectivity index is 0.000000227. The largest absolute Gasteiger partial charge is 0.397 e. The second-order valence-corrected chi connectivity index (χ2v) is 7.37. The van der Waals surface area contributed by atoms with Crippen molar-refractivity contribution in [2.24, 2.45) is 0 Å². The molecule has 172 valence electrons. The van der Waals surface area contributed by atoms with E-state index in [0.29, 0.717) is 45.5 Å². The van der Waals surface area contributed by atoms with E-state index in [0.717, 1.165) is 22.3 Å². The van der Waals surface area contributed by atoms with Crippen LogP contribution in [0.1, 0.15) is 0 Å². The highest BCUT2D eigenvalue weighted by molar-refractivity contribution is 7.59. The zero-order valence-electron chi connectivity index (χ0n) is 18.0. The van der Waals surface area contributed by atoms with Crippen molar-refractivity contribution in [3.63, 3.8) is 0 Å². The molecule has 0 aliphatic carbocycles. The zero-order chi connectivity index (χ0) is 23.4. The normalized spacial score (nSPS) is 9.94. The predicted molar refractivity (Wildman–Crippen MR) is 149 cm³/mol. The average molecular weight is 463 g/mol. The molecule has 9 heteroatoms. The first-order chi connectivity index (χ1) is 15.2. The Bertz CT molecular complexity index is 1080. The van der Waals surface area contributed by atoms with Gasteiger partial charge >= 0.3 is 0 Å². The molecule has 0 heterocycles. The Morgan fingerprint density at radius 2 is 0.455 bits per heavy atom. The van der Waals surface area contributed by atoms with E-state index in [1.807, 2.05) is 48.5 Å². The summed E-state index contributed by atoms with van der Waals surface area (Å²) in [4.78, 5) is 0.